The Morgan fingerprint density at radius 1 is 1.00 bits per heavy atom. The van der Waals surface area contributed by atoms with Gasteiger partial charge in [-0.3, -0.25) is 0 Å². The van der Waals surface area contributed by atoms with Crippen molar-refractivity contribution in [1.82, 2.24) is 0 Å². The number of benzene rings is 2. The third-order valence-corrected chi connectivity index (χ3v) is 3.95. The summed E-state index contributed by atoms with van der Waals surface area (Å²) in [5.74, 6) is 0. The maximum absolute atomic E-state index is 6.18. The first-order valence-electron chi connectivity index (χ1n) is 4.26. The summed E-state index contributed by atoms with van der Waals surface area (Å²) >= 11 is 6.18. The Hall–Kier alpha value is -0.793. The van der Waals surface area contributed by atoms with Crippen LogP contribution in [0.25, 0.3) is 10.8 Å². The molecule has 0 saturated heterocycles. The van der Waals surface area contributed by atoms with Crippen LogP contribution in [0.4, 0.5) is 0 Å². The summed E-state index contributed by atoms with van der Waals surface area (Å²) in [7, 11) is -0.865. The summed E-state index contributed by atoms with van der Waals surface area (Å²) in [6, 6.07) is 14.7. The van der Waals surface area contributed by atoms with Gasteiger partial charge in [-0.1, -0.05) is 49.0 Å². The molecule has 0 unspecified atom stereocenters. The molecule has 0 amide bonds. The second-order valence-electron chi connectivity index (χ2n) is 3.06. The quantitative estimate of drug-likeness (QED) is 0.496. The van der Waals surface area contributed by atoms with Crippen LogP contribution in [-0.4, -0.2) is 8.11 Å². The summed E-state index contributed by atoms with van der Waals surface area (Å²) in [6.45, 7) is 2.11. The summed E-state index contributed by atoms with van der Waals surface area (Å²) < 4.78 is 0. The van der Waals surface area contributed by atoms with Gasteiger partial charge in [-0.05, 0) is 16.0 Å². The van der Waals surface area contributed by atoms with Crippen LogP contribution < -0.4 is 5.19 Å². The lowest BCUT2D eigenvalue weighted by atomic mass is 10.1. The largest absolute Gasteiger partial charge is 0.197 e. The van der Waals surface area contributed by atoms with E-state index in [1.54, 1.807) is 0 Å². The van der Waals surface area contributed by atoms with Crippen molar-refractivity contribution in [2.24, 2.45) is 0 Å². The molecule has 13 heavy (non-hydrogen) atoms. The molecule has 0 saturated carbocycles. The zero-order chi connectivity index (χ0) is 9.26. The molecule has 2 aromatic carbocycles. The molecule has 1 radical (unpaired) electrons. The van der Waals surface area contributed by atoms with Crippen molar-refractivity contribution in [3.05, 3.63) is 42.5 Å². The topological polar surface area (TPSA) is 0 Å². The maximum Gasteiger partial charge on any atom is 0.197 e. The van der Waals surface area contributed by atoms with Crippen LogP contribution in [0.2, 0.25) is 6.55 Å². The van der Waals surface area contributed by atoms with Crippen LogP contribution >= 0.6 is 11.1 Å². The lowest BCUT2D eigenvalue weighted by molar-refractivity contribution is 1.78. The molecule has 0 spiro atoms. The number of hydrogen-bond acceptors (Lipinski definition) is 0. The molecule has 2 heteroatoms. The highest BCUT2D eigenvalue weighted by Crippen LogP contribution is 2.12. The zero-order valence-corrected chi connectivity index (χ0v) is 9.18. The Morgan fingerprint density at radius 3 is 2.46 bits per heavy atom. The van der Waals surface area contributed by atoms with Crippen molar-refractivity contribution in [1.29, 1.82) is 0 Å². The van der Waals surface area contributed by atoms with Crippen LogP contribution in [0, 0.1) is 0 Å². The van der Waals surface area contributed by atoms with Gasteiger partial charge in [0, 0.05) is 0 Å². The Bertz CT molecular complexity index is 418. The van der Waals surface area contributed by atoms with Crippen LogP contribution in [0.1, 0.15) is 0 Å². The Morgan fingerprint density at radius 2 is 1.69 bits per heavy atom. The predicted molar refractivity (Wildman–Crippen MR) is 61.1 cm³/mol. The molecular formula is C11H10ClSi. The van der Waals surface area contributed by atoms with Crippen LogP contribution in [0.15, 0.2) is 42.5 Å². The Labute approximate surface area is 84.5 Å². The standard InChI is InChI=1S/C11H10ClSi/c1-13(12)11-8-4-6-9-5-2-3-7-10(9)11/h2-8H,1H3. The van der Waals surface area contributed by atoms with Crippen LogP contribution in [0.3, 0.4) is 0 Å². The molecule has 0 aliphatic heterocycles. The van der Waals surface area contributed by atoms with Crippen molar-refractivity contribution in [3.63, 3.8) is 0 Å². The second-order valence-corrected chi connectivity index (χ2v) is 6.37. The smallest absolute Gasteiger partial charge is 0.163 e. The lowest BCUT2D eigenvalue weighted by Crippen LogP contribution is -2.20. The Kier molecular flexibility index (Phi) is 2.38. The average Bonchev–Trinajstić information content (AvgIpc) is 2.17. The minimum Gasteiger partial charge on any atom is -0.163 e. The molecule has 65 valence electrons. The first kappa shape index (κ1) is 8.79. The third kappa shape index (κ3) is 1.62. The van der Waals surface area contributed by atoms with E-state index in [-0.39, 0.29) is 0 Å². The first-order chi connectivity index (χ1) is 6.29. The number of rotatable bonds is 1. The SMILES string of the molecule is C[Si](Cl)c1cccc2ccccc12. The summed E-state index contributed by atoms with van der Waals surface area (Å²) in [4.78, 5) is 0. The van der Waals surface area contributed by atoms with E-state index in [0.29, 0.717) is 0 Å². The van der Waals surface area contributed by atoms with Gasteiger partial charge in [0.25, 0.3) is 0 Å². The fourth-order valence-electron chi connectivity index (χ4n) is 1.53. The summed E-state index contributed by atoms with van der Waals surface area (Å²) in [5.41, 5.74) is 0. The van der Waals surface area contributed by atoms with Crippen LogP contribution in [0.5, 0.6) is 0 Å². The zero-order valence-electron chi connectivity index (χ0n) is 7.42. The van der Waals surface area contributed by atoms with Crippen molar-refractivity contribution in [2.75, 3.05) is 0 Å². The first-order valence-corrected chi connectivity index (χ1v) is 7.27. The van der Waals surface area contributed by atoms with Gasteiger partial charge in [0.05, 0.1) is 0 Å². The molecule has 0 fully saturated rings. The highest BCUT2D eigenvalue weighted by atomic mass is 35.6. The molecule has 2 aromatic rings. The minimum absolute atomic E-state index is 0.865. The molecule has 0 heterocycles. The molecule has 0 nitrogen and oxygen atoms in total. The van der Waals surface area contributed by atoms with E-state index in [4.69, 9.17) is 11.1 Å². The molecular weight excluding hydrogens is 196 g/mol. The van der Waals surface area contributed by atoms with Gasteiger partial charge in [0.15, 0.2) is 8.11 Å². The normalized spacial score (nSPS) is 11.0. The van der Waals surface area contributed by atoms with E-state index in [2.05, 4.69) is 49.0 Å². The maximum atomic E-state index is 6.18. The van der Waals surface area contributed by atoms with Gasteiger partial charge in [-0.25, -0.2) is 0 Å². The molecule has 0 aliphatic carbocycles. The Balaban J connectivity index is 2.76. The molecule has 0 atom stereocenters. The van der Waals surface area contributed by atoms with E-state index in [0.717, 1.165) is 0 Å². The minimum atomic E-state index is -0.865. The summed E-state index contributed by atoms with van der Waals surface area (Å²) in [5, 5.41) is 3.89. The van der Waals surface area contributed by atoms with E-state index >= 15 is 0 Å². The monoisotopic (exact) mass is 205 g/mol. The van der Waals surface area contributed by atoms with Gasteiger partial charge in [0.2, 0.25) is 0 Å². The second kappa shape index (κ2) is 3.52. The van der Waals surface area contributed by atoms with E-state index in [9.17, 15) is 0 Å². The molecule has 0 aliphatic rings. The van der Waals surface area contributed by atoms with Crippen LogP contribution in [-0.2, 0) is 0 Å². The molecule has 0 aromatic heterocycles. The van der Waals surface area contributed by atoms with Gasteiger partial charge in [-0.2, -0.15) is 11.1 Å². The van der Waals surface area contributed by atoms with Crippen molar-refractivity contribution < 1.29 is 0 Å². The van der Waals surface area contributed by atoms with Crippen molar-refractivity contribution >= 4 is 35.1 Å². The van der Waals surface area contributed by atoms with Gasteiger partial charge >= 0.3 is 0 Å². The highest BCUT2D eigenvalue weighted by molar-refractivity contribution is 7.14. The van der Waals surface area contributed by atoms with E-state index < -0.39 is 8.11 Å². The van der Waals surface area contributed by atoms with E-state index in [1.165, 1.54) is 16.0 Å². The predicted octanol–water partition coefficient (Wildman–Crippen LogP) is 2.91. The number of halogens is 1. The van der Waals surface area contributed by atoms with Crippen molar-refractivity contribution in [3.8, 4) is 0 Å². The van der Waals surface area contributed by atoms with Gasteiger partial charge in [0.1, 0.15) is 0 Å². The molecule has 2 rings (SSSR count). The van der Waals surface area contributed by atoms with Gasteiger partial charge < -0.3 is 0 Å². The summed E-state index contributed by atoms with van der Waals surface area (Å²) in [6.07, 6.45) is 0. The van der Waals surface area contributed by atoms with Crippen molar-refractivity contribution in [2.45, 2.75) is 6.55 Å². The molecule has 0 N–H and O–H groups in total. The average molecular weight is 206 g/mol. The molecule has 0 bridgehead atoms. The van der Waals surface area contributed by atoms with E-state index in [1.807, 2.05) is 0 Å². The third-order valence-electron chi connectivity index (χ3n) is 2.16. The highest BCUT2D eigenvalue weighted by Gasteiger charge is 2.07. The fraction of sp³-hybridized carbons (Fsp3) is 0.0909. The fourth-order valence-corrected chi connectivity index (χ4v) is 2.94. The van der Waals surface area contributed by atoms with Gasteiger partial charge in [-0.15, -0.1) is 0 Å². The lowest BCUT2D eigenvalue weighted by Gasteiger charge is -2.05. The number of fused-ring (bicyclic) bond motifs is 1. The number of hydrogen-bond donors (Lipinski definition) is 0.